The van der Waals surface area contributed by atoms with Gasteiger partial charge in [-0.3, -0.25) is 9.36 Å². The molecular weight excluding hydrogens is 396 g/mol. The SMILES string of the molecule is CCOc1ncccc1C(=O)OCC(=O)Nc1c(C#N)c(C)c(C)n1-c1ccccc1. The molecule has 31 heavy (non-hydrogen) atoms. The molecule has 8 nitrogen and oxygen atoms in total. The molecule has 3 rings (SSSR count). The third-order valence-corrected chi connectivity index (χ3v) is 4.70. The van der Waals surface area contributed by atoms with Gasteiger partial charge in [-0.05, 0) is 50.6 Å². The minimum Gasteiger partial charge on any atom is -0.477 e. The first-order valence-corrected chi connectivity index (χ1v) is 9.70. The Hall–Kier alpha value is -4.12. The molecule has 0 bridgehead atoms. The maximum absolute atomic E-state index is 12.6. The van der Waals surface area contributed by atoms with Gasteiger partial charge in [-0.2, -0.15) is 5.26 Å². The van der Waals surface area contributed by atoms with Crippen molar-refractivity contribution in [1.82, 2.24) is 9.55 Å². The lowest BCUT2D eigenvalue weighted by Crippen LogP contribution is -2.23. The topological polar surface area (TPSA) is 106 Å². The normalized spacial score (nSPS) is 10.3. The van der Waals surface area contributed by atoms with Gasteiger partial charge >= 0.3 is 5.97 Å². The molecular formula is C23H22N4O4. The standard InChI is InChI=1S/C23H22N4O4/c1-4-30-22-18(11-8-12-25-22)23(29)31-14-20(28)26-21-19(13-24)15(2)16(3)27(21)17-9-6-5-7-10-17/h5-12H,4,14H2,1-3H3,(H,26,28). The summed E-state index contributed by atoms with van der Waals surface area (Å²) in [5.74, 6) is -0.813. The van der Waals surface area contributed by atoms with Crippen LogP contribution in [0.3, 0.4) is 0 Å². The number of anilines is 1. The zero-order valence-electron chi connectivity index (χ0n) is 17.5. The average Bonchev–Trinajstić information content (AvgIpc) is 3.02. The van der Waals surface area contributed by atoms with E-state index < -0.39 is 18.5 Å². The molecule has 1 N–H and O–H groups in total. The molecule has 1 aromatic carbocycles. The maximum Gasteiger partial charge on any atom is 0.344 e. The third-order valence-electron chi connectivity index (χ3n) is 4.70. The van der Waals surface area contributed by atoms with Gasteiger partial charge < -0.3 is 14.8 Å². The molecule has 0 unspecified atom stereocenters. The Morgan fingerprint density at radius 1 is 1.16 bits per heavy atom. The Morgan fingerprint density at radius 3 is 2.58 bits per heavy atom. The third kappa shape index (κ3) is 4.56. The van der Waals surface area contributed by atoms with Crippen LogP contribution in [-0.4, -0.2) is 34.6 Å². The molecule has 3 aromatic rings. The second kappa shape index (κ2) is 9.59. The highest BCUT2D eigenvalue weighted by Gasteiger charge is 2.22. The summed E-state index contributed by atoms with van der Waals surface area (Å²) in [6.07, 6.45) is 1.50. The number of nitriles is 1. The maximum atomic E-state index is 12.6. The summed E-state index contributed by atoms with van der Waals surface area (Å²) in [6, 6.07) is 14.6. The molecule has 0 atom stereocenters. The van der Waals surface area contributed by atoms with Crippen molar-refractivity contribution < 1.29 is 19.1 Å². The highest BCUT2D eigenvalue weighted by Crippen LogP contribution is 2.29. The molecule has 0 saturated carbocycles. The summed E-state index contributed by atoms with van der Waals surface area (Å²) in [7, 11) is 0. The molecule has 2 heterocycles. The fourth-order valence-corrected chi connectivity index (χ4v) is 3.14. The molecule has 0 aliphatic heterocycles. The number of benzene rings is 1. The van der Waals surface area contributed by atoms with Crippen molar-refractivity contribution in [1.29, 1.82) is 5.26 Å². The molecule has 0 spiro atoms. The Kier molecular flexibility index (Phi) is 6.67. The van der Waals surface area contributed by atoms with Crippen LogP contribution in [0.25, 0.3) is 5.69 Å². The van der Waals surface area contributed by atoms with E-state index in [4.69, 9.17) is 9.47 Å². The largest absolute Gasteiger partial charge is 0.477 e. The van der Waals surface area contributed by atoms with E-state index in [9.17, 15) is 14.9 Å². The van der Waals surface area contributed by atoms with Crippen LogP contribution < -0.4 is 10.1 Å². The lowest BCUT2D eigenvalue weighted by Gasteiger charge is -2.13. The molecule has 158 valence electrons. The number of pyridine rings is 1. The summed E-state index contributed by atoms with van der Waals surface area (Å²) < 4.78 is 12.3. The van der Waals surface area contributed by atoms with Gasteiger partial charge in [-0.25, -0.2) is 9.78 Å². The number of hydrogen-bond donors (Lipinski definition) is 1. The number of para-hydroxylation sites is 1. The number of amides is 1. The first-order valence-electron chi connectivity index (χ1n) is 9.70. The van der Waals surface area contributed by atoms with E-state index in [-0.39, 0.29) is 11.4 Å². The first-order chi connectivity index (χ1) is 15.0. The molecule has 0 aliphatic rings. The second-order valence-corrected chi connectivity index (χ2v) is 6.63. The van der Waals surface area contributed by atoms with Crippen LogP contribution in [0.5, 0.6) is 5.88 Å². The zero-order chi connectivity index (χ0) is 22.4. The van der Waals surface area contributed by atoms with Crippen LogP contribution in [0, 0.1) is 25.2 Å². The zero-order valence-corrected chi connectivity index (χ0v) is 17.5. The Bertz CT molecular complexity index is 1150. The predicted molar refractivity (Wildman–Crippen MR) is 114 cm³/mol. The number of nitrogens with one attached hydrogen (secondary N) is 1. The van der Waals surface area contributed by atoms with Gasteiger partial charge in [-0.15, -0.1) is 0 Å². The Labute approximate surface area is 180 Å². The number of aromatic nitrogens is 2. The number of rotatable bonds is 7. The number of nitrogens with zero attached hydrogens (tertiary/aromatic N) is 3. The van der Waals surface area contributed by atoms with Gasteiger partial charge in [-0.1, -0.05) is 18.2 Å². The van der Waals surface area contributed by atoms with Crippen LogP contribution in [0.2, 0.25) is 0 Å². The number of carbonyl (C=O) groups excluding carboxylic acids is 2. The van der Waals surface area contributed by atoms with E-state index in [1.54, 1.807) is 17.6 Å². The van der Waals surface area contributed by atoms with Crippen molar-refractivity contribution in [2.24, 2.45) is 0 Å². The van der Waals surface area contributed by atoms with Crippen molar-refractivity contribution >= 4 is 17.7 Å². The summed E-state index contributed by atoms with van der Waals surface area (Å²) >= 11 is 0. The van der Waals surface area contributed by atoms with Crippen LogP contribution in [0.1, 0.15) is 34.1 Å². The Morgan fingerprint density at radius 2 is 1.90 bits per heavy atom. The average molecular weight is 418 g/mol. The lowest BCUT2D eigenvalue weighted by molar-refractivity contribution is -0.119. The first kappa shape index (κ1) is 21.6. The van der Waals surface area contributed by atoms with E-state index in [1.165, 1.54) is 12.3 Å². The molecule has 0 fully saturated rings. The van der Waals surface area contributed by atoms with E-state index in [2.05, 4.69) is 16.4 Å². The van der Waals surface area contributed by atoms with Crippen LogP contribution in [0.15, 0.2) is 48.7 Å². The van der Waals surface area contributed by atoms with Crippen molar-refractivity contribution in [3.8, 4) is 17.6 Å². The summed E-state index contributed by atoms with van der Waals surface area (Å²) in [6.45, 7) is 5.28. The monoisotopic (exact) mass is 418 g/mol. The van der Waals surface area contributed by atoms with Gasteiger partial charge in [0, 0.05) is 17.6 Å². The van der Waals surface area contributed by atoms with Crippen molar-refractivity contribution in [3.63, 3.8) is 0 Å². The Balaban J connectivity index is 1.79. The second-order valence-electron chi connectivity index (χ2n) is 6.63. The van der Waals surface area contributed by atoms with E-state index >= 15 is 0 Å². The highest BCUT2D eigenvalue weighted by molar-refractivity contribution is 5.97. The van der Waals surface area contributed by atoms with Crippen LogP contribution >= 0.6 is 0 Å². The van der Waals surface area contributed by atoms with Crippen LogP contribution in [0.4, 0.5) is 5.82 Å². The van der Waals surface area contributed by atoms with Gasteiger partial charge in [0.25, 0.3) is 5.91 Å². The van der Waals surface area contributed by atoms with Gasteiger partial charge in [0.2, 0.25) is 5.88 Å². The minimum atomic E-state index is -0.724. The van der Waals surface area contributed by atoms with Gasteiger partial charge in [0.1, 0.15) is 17.5 Å². The molecule has 0 radical (unpaired) electrons. The smallest absolute Gasteiger partial charge is 0.344 e. The quantitative estimate of drug-likeness (QED) is 0.588. The number of hydrogen-bond acceptors (Lipinski definition) is 6. The number of ether oxygens (including phenoxy) is 2. The fraction of sp³-hybridized carbons (Fsp3) is 0.217. The van der Waals surface area contributed by atoms with E-state index in [1.807, 2.05) is 44.2 Å². The fourth-order valence-electron chi connectivity index (χ4n) is 3.14. The summed E-state index contributed by atoms with van der Waals surface area (Å²) in [5.41, 5.74) is 2.87. The predicted octanol–water partition coefficient (Wildman–Crippen LogP) is 3.56. The van der Waals surface area contributed by atoms with Crippen LogP contribution in [-0.2, 0) is 9.53 Å². The van der Waals surface area contributed by atoms with Gasteiger partial charge in [0.05, 0.1) is 12.2 Å². The van der Waals surface area contributed by atoms with E-state index in [0.29, 0.717) is 18.0 Å². The summed E-state index contributed by atoms with van der Waals surface area (Å²) in [4.78, 5) is 29.0. The van der Waals surface area contributed by atoms with Crippen molar-refractivity contribution in [2.75, 3.05) is 18.5 Å². The summed E-state index contributed by atoms with van der Waals surface area (Å²) in [5, 5.41) is 12.3. The number of carbonyl (C=O) groups is 2. The molecule has 8 heteroatoms. The van der Waals surface area contributed by atoms with Crippen molar-refractivity contribution in [2.45, 2.75) is 20.8 Å². The van der Waals surface area contributed by atoms with E-state index in [0.717, 1.165) is 16.9 Å². The molecule has 0 saturated heterocycles. The highest BCUT2D eigenvalue weighted by atomic mass is 16.5. The molecule has 0 aliphatic carbocycles. The van der Waals surface area contributed by atoms with Gasteiger partial charge in [0.15, 0.2) is 6.61 Å². The van der Waals surface area contributed by atoms with Crippen molar-refractivity contribution in [3.05, 3.63) is 71.0 Å². The number of esters is 1. The lowest BCUT2D eigenvalue weighted by atomic mass is 10.2. The molecule has 1 amide bonds. The minimum absolute atomic E-state index is 0.134. The molecule has 2 aromatic heterocycles.